The Balaban J connectivity index is 1.51. The molecule has 0 N–H and O–H groups in total. The molecule has 6 rings (SSSR count). The number of hydrogen-bond donors (Lipinski definition) is 0. The molecule has 4 aromatic carbocycles. The summed E-state index contributed by atoms with van der Waals surface area (Å²) in [5.74, 6) is 2.47. The Labute approximate surface area is 218 Å². The van der Waals surface area contributed by atoms with Crippen LogP contribution in [0.3, 0.4) is 0 Å². The minimum Gasteiger partial charge on any atom is -0.497 e. The van der Waals surface area contributed by atoms with Crippen LogP contribution in [0.4, 0.5) is 0 Å². The highest BCUT2D eigenvalue weighted by atomic mass is 16.7. The maximum absolute atomic E-state index is 6.89. The first kappa shape index (κ1) is 23.2. The van der Waals surface area contributed by atoms with E-state index < -0.39 is 5.79 Å². The molecule has 186 valence electrons. The van der Waals surface area contributed by atoms with Crippen molar-refractivity contribution in [3.05, 3.63) is 125 Å². The Bertz CT molecular complexity index is 1440. The normalized spacial score (nSPS) is 21.7. The Morgan fingerprint density at radius 1 is 0.784 bits per heavy atom. The molecule has 4 nitrogen and oxygen atoms in total. The molecule has 0 fully saturated rings. The van der Waals surface area contributed by atoms with E-state index in [9.17, 15) is 0 Å². The number of rotatable bonds is 5. The number of benzene rings is 4. The molecule has 0 saturated carbocycles. The van der Waals surface area contributed by atoms with Gasteiger partial charge in [0.15, 0.2) is 0 Å². The van der Waals surface area contributed by atoms with E-state index in [0.717, 1.165) is 40.5 Å². The van der Waals surface area contributed by atoms with Crippen LogP contribution in [0.5, 0.6) is 23.0 Å². The molecule has 0 aliphatic carbocycles. The first-order chi connectivity index (χ1) is 18.1. The van der Waals surface area contributed by atoms with Crippen LogP contribution in [0, 0.1) is 12.8 Å². The Morgan fingerprint density at radius 3 is 2.19 bits per heavy atom. The maximum atomic E-state index is 6.89. The zero-order chi connectivity index (χ0) is 25.4. The zero-order valence-electron chi connectivity index (χ0n) is 21.3. The van der Waals surface area contributed by atoms with Gasteiger partial charge < -0.3 is 18.9 Å². The van der Waals surface area contributed by atoms with Crippen molar-refractivity contribution in [1.29, 1.82) is 0 Å². The third-order valence-corrected chi connectivity index (χ3v) is 7.49. The standard InChI is InChI=1S/C33H30O4/c1-22-8-19-32-29(20-22)28(18-11-23-9-14-26(34-2)15-10-23)30-21-24-6-4-5-7-31(24)36-33(30,37-32)25-12-16-27(35-3)17-13-25/h4-20,28,30H,21H2,1-3H3/b18-11+/t28-,30+,33-/m0/s1. The van der Waals surface area contributed by atoms with Crippen molar-refractivity contribution in [2.75, 3.05) is 14.2 Å². The van der Waals surface area contributed by atoms with Gasteiger partial charge in [-0.2, -0.15) is 0 Å². The Kier molecular flexibility index (Phi) is 5.88. The maximum Gasteiger partial charge on any atom is 0.281 e. The van der Waals surface area contributed by atoms with E-state index in [-0.39, 0.29) is 11.8 Å². The number of para-hydroxylation sites is 1. The fourth-order valence-electron chi connectivity index (χ4n) is 5.57. The SMILES string of the molecule is COc1ccc(/C=C/[C@H]2c3cc(C)ccc3O[C@]3(c4ccc(OC)cc4)Oc4ccccc4C[C@H]23)cc1. The van der Waals surface area contributed by atoms with E-state index in [0.29, 0.717) is 0 Å². The lowest BCUT2D eigenvalue weighted by molar-refractivity contribution is -0.187. The largest absolute Gasteiger partial charge is 0.497 e. The minimum absolute atomic E-state index is 0.0135. The van der Waals surface area contributed by atoms with Crippen molar-refractivity contribution in [3.63, 3.8) is 0 Å². The summed E-state index contributed by atoms with van der Waals surface area (Å²) in [7, 11) is 3.37. The van der Waals surface area contributed by atoms with E-state index in [1.807, 2.05) is 36.4 Å². The molecule has 0 saturated heterocycles. The van der Waals surface area contributed by atoms with E-state index in [4.69, 9.17) is 18.9 Å². The van der Waals surface area contributed by atoms with Crippen LogP contribution in [-0.2, 0) is 12.2 Å². The topological polar surface area (TPSA) is 36.9 Å². The van der Waals surface area contributed by atoms with Crippen LogP contribution < -0.4 is 18.9 Å². The summed E-state index contributed by atoms with van der Waals surface area (Å²) in [5.41, 5.74) is 5.68. The van der Waals surface area contributed by atoms with Gasteiger partial charge in [-0.1, -0.05) is 60.2 Å². The predicted octanol–water partition coefficient (Wildman–Crippen LogP) is 7.31. The van der Waals surface area contributed by atoms with Gasteiger partial charge >= 0.3 is 0 Å². The van der Waals surface area contributed by atoms with Crippen LogP contribution in [0.1, 0.15) is 33.7 Å². The fraction of sp³-hybridized carbons (Fsp3) is 0.212. The van der Waals surface area contributed by atoms with Crippen molar-refractivity contribution in [2.24, 2.45) is 5.92 Å². The van der Waals surface area contributed by atoms with Crippen molar-refractivity contribution in [1.82, 2.24) is 0 Å². The molecule has 2 aliphatic heterocycles. The summed E-state index contributed by atoms with van der Waals surface area (Å²) in [6, 6.07) is 30.9. The van der Waals surface area contributed by atoms with Gasteiger partial charge in [0.05, 0.1) is 20.1 Å². The molecule has 2 heterocycles. The van der Waals surface area contributed by atoms with Gasteiger partial charge in [0.1, 0.15) is 23.0 Å². The molecule has 4 heteroatoms. The highest BCUT2D eigenvalue weighted by Gasteiger charge is 2.55. The number of ether oxygens (including phenoxy) is 4. The van der Waals surface area contributed by atoms with Crippen LogP contribution in [0.2, 0.25) is 0 Å². The molecule has 0 radical (unpaired) electrons. The Morgan fingerprint density at radius 2 is 1.46 bits per heavy atom. The van der Waals surface area contributed by atoms with Gasteiger partial charge in [0, 0.05) is 17.0 Å². The van der Waals surface area contributed by atoms with Gasteiger partial charge in [-0.25, -0.2) is 0 Å². The molecule has 3 atom stereocenters. The molecule has 0 spiro atoms. The summed E-state index contributed by atoms with van der Waals surface area (Å²) < 4.78 is 24.5. The number of hydrogen-bond acceptors (Lipinski definition) is 4. The van der Waals surface area contributed by atoms with Gasteiger partial charge in [-0.05, 0) is 73.0 Å². The lowest BCUT2D eigenvalue weighted by Crippen LogP contribution is -2.53. The van der Waals surface area contributed by atoms with Crippen molar-refractivity contribution in [3.8, 4) is 23.0 Å². The number of fused-ring (bicyclic) bond motifs is 3. The van der Waals surface area contributed by atoms with Gasteiger partial charge in [-0.3, -0.25) is 0 Å². The number of methoxy groups -OCH3 is 2. The second kappa shape index (κ2) is 9.36. The summed E-state index contributed by atoms with van der Waals surface area (Å²) in [5, 5.41) is 0. The molecule has 0 unspecified atom stereocenters. The third kappa shape index (κ3) is 4.13. The van der Waals surface area contributed by atoms with Gasteiger partial charge in [0.25, 0.3) is 5.79 Å². The summed E-state index contributed by atoms with van der Waals surface area (Å²) in [6.07, 6.45) is 5.33. The molecule has 4 aromatic rings. The quantitative estimate of drug-likeness (QED) is 0.294. The zero-order valence-corrected chi connectivity index (χ0v) is 21.3. The summed E-state index contributed by atoms with van der Waals surface area (Å²) >= 11 is 0. The monoisotopic (exact) mass is 490 g/mol. The summed E-state index contributed by atoms with van der Waals surface area (Å²) in [6.45, 7) is 2.13. The van der Waals surface area contributed by atoms with E-state index in [1.165, 1.54) is 16.7 Å². The first-order valence-corrected chi connectivity index (χ1v) is 12.6. The van der Waals surface area contributed by atoms with E-state index >= 15 is 0 Å². The molecular weight excluding hydrogens is 460 g/mol. The smallest absolute Gasteiger partial charge is 0.281 e. The average Bonchev–Trinajstić information content (AvgIpc) is 2.95. The molecule has 0 amide bonds. The fourth-order valence-corrected chi connectivity index (χ4v) is 5.57. The van der Waals surface area contributed by atoms with E-state index in [2.05, 4.69) is 73.7 Å². The lowest BCUT2D eigenvalue weighted by Gasteiger charge is -2.50. The van der Waals surface area contributed by atoms with Crippen LogP contribution in [-0.4, -0.2) is 14.2 Å². The molecule has 0 aromatic heterocycles. The second-order valence-electron chi connectivity index (χ2n) is 9.72. The van der Waals surface area contributed by atoms with Crippen molar-refractivity contribution < 1.29 is 18.9 Å². The molecule has 37 heavy (non-hydrogen) atoms. The molecule has 0 bridgehead atoms. The number of allylic oxidation sites excluding steroid dienone is 1. The molecular formula is C33H30O4. The van der Waals surface area contributed by atoms with Crippen LogP contribution in [0.15, 0.2) is 97.1 Å². The average molecular weight is 491 g/mol. The van der Waals surface area contributed by atoms with Crippen LogP contribution in [0.25, 0.3) is 6.08 Å². The second-order valence-corrected chi connectivity index (χ2v) is 9.72. The van der Waals surface area contributed by atoms with Gasteiger partial charge in [0.2, 0.25) is 0 Å². The van der Waals surface area contributed by atoms with Crippen LogP contribution >= 0.6 is 0 Å². The number of aryl methyl sites for hydroxylation is 1. The molecule has 2 aliphatic rings. The van der Waals surface area contributed by atoms with Crippen molar-refractivity contribution >= 4 is 6.08 Å². The predicted molar refractivity (Wildman–Crippen MR) is 146 cm³/mol. The van der Waals surface area contributed by atoms with Gasteiger partial charge in [-0.15, -0.1) is 0 Å². The first-order valence-electron chi connectivity index (χ1n) is 12.6. The minimum atomic E-state index is -0.974. The summed E-state index contributed by atoms with van der Waals surface area (Å²) in [4.78, 5) is 0. The highest BCUT2D eigenvalue weighted by Crippen LogP contribution is 2.55. The van der Waals surface area contributed by atoms with E-state index in [1.54, 1.807) is 14.2 Å². The third-order valence-electron chi connectivity index (χ3n) is 7.49. The highest BCUT2D eigenvalue weighted by molar-refractivity contribution is 5.56. The van der Waals surface area contributed by atoms with Crippen molar-refractivity contribution in [2.45, 2.75) is 25.0 Å². The Hall–Kier alpha value is -4.18. The lowest BCUT2D eigenvalue weighted by atomic mass is 9.70.